The standard InChI is InChI=1S/C12H11F3O3/c13-12(14,15)9-5-4-8(3-1-2-6-16)10(7-9)11(17)18/h1,3-5,7,16H,2,6H2,(H,17,18). The van der Waals surface area contributed by atoms with Gasteiger partial charge < -0.3 is 10.2 Å². The van der Waals surface area contributed by atoms with Crippen molar-refractivity contribution >= 4 is 12.0 Å². The number of carbonyl (C=O) groups is 1. The van der Waals surface area contributed by atoms with Crippen molar-refractivity contribution in [1.29, 1.82) is 0 Å². The zero-order valence-electron chi connectivity index (χ0n) is 9.24. The molecule has 6 heteroatoms. The number of rotatable bonds is 4. The van der Waals surface area contributed by atoms with Gasteiger partial charge in [-0.2, -0.15) is 13.2 Å². The minimum Gasteiger partial charge on any atom is -0.478 e. The first-order valence-electron chi connectivity index (χ1n) is 5.08. The molecule has 1 aromatic carbocycles. The minimum atomic E-state index is -4.57. The highest BCUT2D eigenvalue weighted by molar-refractivity contribution is 5.92. The predicted molar refractivity (Wildman–Crippen MR) is 59.1 cm³/mol. The van der Waals surface area contributed by atoms with E-state index in [0.29, 0.717) is 12.5 Å². The quantitative estimate of drug-likeness (QED) is 0.875. The van der Waals surface area contributed by atoms with E-state index in [9.17, 15) is 18.0 Å². The summed E-state index contributed by atoms with van der Waals surface area (Å²) < 4.78 is 37.3. The lowest BCUT2D eigenvalue weighted by molar-refractivity contribution is -0.137. The molecular formula is C12H11F3O3. The molecule has 0 spiro atoms. The van der Waals surface area contributed by atoms with Gasteiger partial charge in [-0.3, -0.25) is 0 Å². The highest BCUT2D eigenvalue weighted by atomic mass is 19.4. The Morgan fingerprint density at radius 2 is 2.00 bits per heavy atom. The first-order valence-corrected chi connectivity index (χ1v) is 5.08. The van der Waals surface area contributed by atoms with Gasteiger partial charge in [0.15, 0.2) is 0 Å². The largest absolute Gasteiger partial charge is 0.478 e. The van der Waals surface area contributed by atoms with Gasteiger partial charge in [0.2, 0.25) is 0 Å². The van der Waals surface area contributed by atoms with E-state index in [-0.39, 0.29) is 12.2 Å². The van der Waals surface area contributed by atoms with Crippen LogP contribution in [0.15, 0.2) is 24.3 Å². The molecule has 98 valence electrons. The summed E-state index contributed by atoms with van der Waals surface area (Å²) in [6, 6.07) is 2.52. The molecule has 18 heavy (non-hydrogen) atoms. The first kappa shape index (κ1) is 14.2. The highest BCUT2D eigenvalue weighted by Crippen LogP contribution is 2.30. The Labute approximate surface area is 101 Å². The van der Waals surface area contributed by atoms with Crippen molar-refractivity contribution in [3.8, 4) is 0 Å². The van der Waals surface area contributed by atoms with Crippen LogP contribution < -0.4 is 0 Å². The van der Waals surface area contributed by atoms with E-state index in [4.69, 9.17) is 10.2 Å². The van der Waals surface area contributed by atoms with Crippen molar-refractivity contribution in [2.75, 3.05) is 6.61 Å². The Morgan fingerprint density at radius 3 is 2.50 bits per heavy atom. The first-order chi connectivity index (χ1) is 8.36. The molecule has 0 radical (unpaired) electrons. The van der Waals surface area contributed by atoms with E-state index in [1.165, 1.54) is 12.2 Å². The van der Waals surface area contributed by atoms with Gasteiger partial charge in [0.1, 0.15) is 0 Å². The third kappa shape index (κ3) is 3.59. The van der Waals surface area contributed by atoms with Crippen molar-refractivity contribution in [3.05, 3.63) is 41.0 Å². The summed E-state index contributed by atoms with van der Waals surface area (Å²) in [5, 5.41) is 17.4. The van der Waals surface area contributed by atoms with Gasteiger partial charge in [0.25, 0.3) is 0 Å². The van der Waals surface area contributed by atoms with Crippen molar-refractivity contribution in [2.45, 2.75) is 12.6 Å². The molecule has 0 aliphatic rings. The molecule has 0 amide bonds. The van der Waals surface area contributed by atoms with Gasteiger partial charge >= 0.3 is 12.1 Å². The summed E-state index contributed by atoms with van der Waals surface area (Å²) in [6.07, 6.45) is -1.40. The molecular weight excluding hydrogens is 249 g/mol. The van der Waals surface area contributed by atoms with Gasteiger partial charge in [0.05, 0.1) is 11.1 Å². The lowest BCUT2D eigenvalue weighted by Crippen LogP contribution is -2.08. The van der Waals surface area contributed by atoms with E-state index in [0.717, 1.165) is 12.1 Å². The Hall–Kier alpha value is -1.82. The third-order valence-corrected chi connectivity index (χ3v) is 2.20. The Kier molecular flexibility index (Phi) is 4.49. The Bertz CT molecular complexity index is 464. The fourth-order valence-corrected chi connectivity index (χ4v) is 1.35. The maximum absolute atomic E-state index is 12.4. The van der Waals surface area contributed by atoms with Crippen LogP contribution in [0.1, 0.15) is 27.9 Å². The molecule has 1 rings (SSSR count). The van der Waals surface area contributed by atoms with Crippen LogP contribution in [-0.4, -0.2) is 22.8 Å². The lowest BCUT2D eigenvalue weighted by Gasteiger charge is -2.09. The van der Waals surface area contributed by atoms with Gasteiger partial charge in [-0.05, 0) is 24.1 Å². The molecule has 2 N–H and O–H groups in total. The summed E-state index contributed by atoms with van der Waals surface area (Å²) in [7, 11) is 0. The molecule has 0 aliphatic heterocycles. The van der Waals surface area contributed by atoms with Crippen LogP contribution in [0.3, 0.4) is 0 Å². The third-order valence-electron chi connectivity index (χ3n) is 2.20. The predicted octanol–water partition coefficient (Wildman–Crippen LogP) is 2.80. The number of carboxylic acid groups (broad SMARTS) is 1. The van der Waals surface area contributed by atoms with E-state index in [1.54, 1.807) is 0 Å². The van der Waals surface area contributed by atoms with Crippen LogP contribution >= 0.6 is 0 Å². The second-order valence-corrected chi connectivity index (χ2v) is 3.52. The van der Waals surface area contributed by atoms with E-state index in [2.05, 4.69) is 0 Å². The number of aliphatic hydroxyl groups excluding tert-OH is 1. The van der Waals surface area contributed by atoms with Gasteiger partial charge in [0, 0.05) is 6.61 Å². The zero-order valence-corrected chi connectivity index (χ0v) is 9.24. The van der Waals surface area contributed by atoms with Crippen LogP contribution in [0.4, 0.5) is 13.2 Å². The molecule has 0 saturated carbocycles. The normalized spacial score (nSPS) is 12.0. The molecule has 1 aromatic rings. The van der Waals surface area contributed by atoms with Gasteiger partial charge in [-0.25, -0.2) is 4.79 Å². The van der Waals surface area contributed by atoms with Gasteiger partial charge in [-0.1, -0.05) is 18.2 Å². The monoisotopic (exact) mass is 260 g/mol. The molecule has 0 bridgehead atoms. The fraction of sp³-hybridized carbons (Fsp3) is 0.250. The Morgan fingerprint density at radius 1 is 1.33 bits per heavy atom. The minimum absolute atomic E-state index is 0.112. The molecule has 0 saturated heterocycles. The van der Waals surface area contributed by atoms with E-state index in [1.807, 2.05) is 0 Å². The molecule has 3 nitrogen and oxygen atoms in total. The van der Waals surface area contributed by atoms with Crippen molar-refractivity contribution in [1.82, 2.24) is 0 Å². The number of halogens is 3. The van der Waals surface area contributed by atoms with Crippen LogP contribution in [-0.2, 0) is 6.18 Å². The number of alkyl halides is 3. The smallest absolute Gasteiger partial charge is 0.416 e. The van der Waals surface area contributed by atoms with Crippen molar-refractivity contribution < 1.29 is 28.2 Å². The zero-order chi connectivity index (χ0) is 13.8. The van der Waals surface area contributed by atoms with E-state index >= 15 is 0 Å². The number of aliphatic hydroxyl groups is 1. The van der Waals surface area contributed by atoms with E-state index < -0.39 is 23.3 Å². The lowest BCUT2D eigenvalue weighted by atomic mass is 10.0. The average Bonchev–Trinajstić information content (AvgIpc) is 2.28. The molecule has 0 fully saturated rings. The topological polar surface area (TPSA) is 57.5 Å². The summed E-state index contributed by atoms with van der Waals surface area (Å²) in [6.45, 7) is -0.112. The summed E-state index contributed by atoms with van der Waals surface area (Å²) >= 11 is 0. The number of carboxylic acids is 1. The molecule has 0 aliphatic carbocycles. The summed E-state index contributed by atoms with van der Waals surface area (Å²) in [5.74, 6) is -1.43. The number of hydrogen-bond acceptors (Lipinski definition) is 2. The Balaban J connectivity index is 3.17. The maximum atomic E-state index is 12.4. The second kappa shape index (κ2) is 5.68. The van der Waals surface area contributed by atoms with Gasteiger partial charge in [-0.15, -0.1) is 0 Å². The van der Waals surface area contributed by atoms with Crippen LogP contribution in [0, 0.1) is 0 Å². The van der Waals surface area contributed by atoms with Crippen LogP contribution in [0.2, 0.25) is 0 Å². The van der Waals surface area contributed by atoms with Crippen molar-refractivity contribution in [3.63, 3.8) is 0 Å². The summed E-state index contributed by atoms with van der Waals surface area (Å²) in [4.78, 5) is 10.9. The number of benzene rings is 1. The molecule has 0 aromatic heterocycles. The molecule has 0 atom stereocenters. The van der Waals surface area contributed by atoms with Crippen molar-refractivity contribution in [2.24, 2.45) is 0 Å². The fourth-order valence-electron chi connectivity index (χ4n) is 1.35. The average molecular weight is 260 g/mol. The number of aromatic carboxylic acids is 1. The summed E-state index contributed by atoms with van der Waals surface area (Å²) in [5.41, 5.74) is -1.25. The molecule has 0 unspecified atom stereocenters. The van der Waals surface area contributed by atoms with Crippen LogP contribution in [0.5, 0.6) is 0 Å². The molecule has 0 heterocycles. The highest BCUT2D eigenvalue weighted by Gasteiger charge is 2.31. The SMILES string of the molecule is O=C(O)c1cc(C(F)(F)F)ccc1C=CCCO. The maximum Gasteiger partial charge on any atom is 0.416 e. The second-order valence-electron chi connectivity index (χ2n) is 3.52. The number of hydrogen-bond donors (Lipinski definition) is 2. The van der Waals surface area contributed by atoms with Crippen LogP contribution in [0.25, 0.3) is 6.08 Å².